The standard InChI is InChI=1S/C36H54O15/c1-17-29(51-31-27(42)26(41)25(40)23(14-37)50-31)30(46-3)28(43)32(48-17)49-19-4-9-34(16-38)21-5-8-33(2)20(18-12-24(39)47-15-18)7-11-36(33,45)22(21)6-10-35(34,44)13-19/h12,16-17,19-23,25-32,37,40-45H,4-11,13-15H2,1-3H3/t17-,19-,20-,21+,22-,23-,25-,26+,27-,28-,29+,30-,31+,32+,33-,34-,35+,36+/m1/s1. The summed E-state index contributed by atoms with van der Waals surface area (Å²) < 4.78 is 34.6. The van der Waals surface area contributed by atoms with Gasteiger partial charge in [-0.05, 0) is 81.6 Å². The number of aliphatic hydroxyl groups excluding tert-OH is 5. The third-order valence-corrected chi connectivity index (χ3v) is 14.3. The van der Waals surface area contributed by atoms with Crippen LogP contribution >= 0.6 is 0 Å². The Hall–Kier alpha value is -1.60. The first-order chi connectivity index (χ1) is 24.2. The highest BCUT2D eigenvalue weighted by atomic mass is 16.7. The van der Waals surface area contributed by atoms with Crippen LogP contribution in [0.3, 0.4) is 0 Å². The van der Waals surface area contributed by atoms with E-state index in [1.807, 2.05) is 0 Å². The molecule has 3 heterocycles. The van der Waals surface area contributed by atoms with Gasteiger partial charge in [0.2, 0.25) is 0 Å². The number of ether oxygens (including phenoxy) is 6. The van der Waals surface area contributed by atoms with E-state index in [0.29, 0.717) is 44.9 Å². The monoisotopic (exact) mass is 726 g/mol. The van der Waals surface area contributed by atoms with E-state index in [-0.39, 0.29) is 36.8 Å². The Bertz CT molecular complexity index is 1360. The molecule has 0 amide bonds. The molecule has 18 atom stereocenters. The van der Waals surface area contributed by atoms with Crippen molar-refractivity contribution in [1.29, 1.82) is 0 Å². The van der Waals surface area contributed by atoms with E-state index < -0.39 is 96.2 Å². The zero-order valence-corrected chi connectivity index (χ0v) is 29.4. The molecular weight excluding hydrogens is 672 g/mol. The lowest BCUT2D eigenvalue weighted by Crippen LogP contribution is -2.69. The molecule has 15 nitrogen and oxygen atoms in total. The normalized spacial score (nSPS) is 54.2. The number of carbonyl (C=O) groups is 2. The number of carbonyl (C=O) groups excluding carboxylic acids is 2. The Labute approximate surface area is 296 Å². The van der Waals surface area contributed by atoms with Crippen LogP contribution in [0, 0.1) is 28.6 Å². The molecule has 7 rings (SSSR count). The second-order valence-corrected chi connectivity index (χ2v) is 16.4. The summed E-state index contributed by atoms with van der Waals surface area (Å²) in [6, 6.07) is 0. The Balaban J connectivity index is 1.03. The summed E-state index contributed by atoms with van der Waals surface area (Å²) in [6.45, 7) is 3.37. The molecule has 7 aliphatic rings. The first-order valence-electron chi connectivity index (χ1n) is 18.4. The largest absolute Gasteiger partial charge is 0.458 e. The van der Waals surface area contributed by atoms with Crippen LogP contribution in [0.25, 0.3) is 0 Å². The van der Waals surface area contributed by atoms with E-state index in [1.54, 1.807) is 13.0 Å². The van der Waals surface area contributed by atoms with Gasteiger partial charge in [-0.15, -0.1) is 0 Å². The quantitative estimate of drug-likeness (QED) is 0.0925. The lowest BCUT2D eigenvalue weighted by Gasteiger charge is -2.65. The number of esters is 1. The Morgan fingerprint density at radius 1 is 0.882 bits per heavy atom. The molecule has 4 aliphatic carbocycles. The molecule has 3 aliphatic heterocycles. The highest BCUT2D eigenvalue weighted by Gasteiger charge is 2.71. The molecule has 15 heteroatoms. The van der Waals surface area contributed by atoms with Gasteiger partial charge in [0.05, 0.1) is 35.4 Å². The summed E-state index contributed by atoms with van der Waals surface area (Å²) in [5.74, 6) is -0.777. The van der Waals surface area contributed by atoms with Gasteiger partial charge in [0.25, 0.3) is 0 Å². The topological polar surface area (TPSA) is 231 Å². The van der Waals surface area contributed by atoms with Gasteiger partial charge < -0.3 is 69.0 Å². The van der Waals surface area contributed by atoms with Crippen LogP contribution in [0.1, 0.15) is 71.6 Å². The van der Waals surface area contributed by atoms with Crippen molar-refractivity contribution in [3.8, 4) is 0 Å². The van der Waals surface area contributed by atoms with Crippen LogP contribution in [0.5, 0.6) is 0 Å². The minimum absolute atomic E-state index is 0.00877. The van der Waals surface area contributed by atoms with E-state index in [1.165, 1.54) is 7.11 Å². The summed E-state index contributed by atoms with van der Waals surface area (Å²) in [5, 5.41) is 76.7. The van der Waals surface area contributed by atoms with Crippen LogP contribution in [0.4, 0.5) is 0 Å². The molecule has 0 unspecified atom stereocenters. The summed E-state index contributed by atoms with van der Waals surface area (Å²) in [4.78, 5) is 25.1. The van der Waals surface area contributed by atoms with Gasteiger partial charge in [0, 0.05) is 25.0 Å². The van der Waals surface area contributed by atoms with E-state index in [4.69, 9.17) is 28.4 Å². The number of methoxy groups -OCH3 is 1. The minimum atomic E-state index is -1.66. The fourth-order valence-electron chi connectivity index (χ4n) is 11.5. The van der Waals surface area contributed by atoms with Gasteiger partial charge >= 0.3 is 5.97 Å². The predicted molar refractivity (Wildman–Crippen MR) is 172 cm³/mol. The maximum atomic E-state index is 13.2. The molecule has 7 N–H and O–H groups in total. The zero-order valence-electron chi connectivity index (χ0n) is 29.4. The third kappa shape index (κ3) is 5.68. The first kappa shape index (κ1) is 37.7. The molecule has 288 valence electrons. The van der Waals surface area contributed by atoms with Gasteiger partial charge in [-0.3, -0.25) is 0 Å². The Morgan fingerprint density at radius 2 is 1.61 bits per heavy atom. The predicted octanol–water partition coefficient (Wildman–Crippen LogP) is -0.772. The van der Waals surface area contributed by atoms with E-state index in [2.05, 4.69) is 6.92 Å². The van der Waals surface area contributed by atoms with E-state index in [0.717, 1.165) is 18.3 Å². The van der Waals surface area contributed by atoms with Crippen molar-refractivity contribution in [2.45, 2.75) is 150 Å². The molecule has 2 saturated heterocycles. The second kappa shape index (κ2) is 13.6. The highest BCUT2D eigenvalue weighted by molar-refractivity contribution is 5.85. The summed E-state index contributed by atoms with van der Waals surface area (Å²) in [7, 11) is 1.36. The molecule has 6 fully saturated rings. The Morgan fingerprint density at radius 3 is 2.27 bits per heavy atom. The molecule has 0 bridgehead atoms. The average molecular weight is 727 g/mol. The number of hydrogen-bond donors (Lipinski definition) is 7. The van der Waals surface area contributed by atoms with Gasteiger partial charge in [-0.2, -0.15) is 0 Å². The molecular formula is C36H54O15. The Kier molecular flexibility index (Phi) is 10.1. The van der Waals surface area contributed by atoms with Crippen molar-refractivity contribution in [3.05, 3.63) is 11.6 Å². The lowest BCUT2D eigenvalue weighted by molar-refractivity contribution is -0.363. The second-order valence-electron chi connectivity index (χ2n) is 16.4. The van der Waals surface area contributed by atoms with Gasteiger partial charge in [0.1, 0.15) is 55.6 Å². The highest BCUT2D eigenvalue weighted by Crippen LogP contribution is 2.70. The van der Waals surface area contributed by atoms with Crippen LogP contribution in [0.2, 0.25) is 0 Å². The average Bonchev–Trinajstić information content (AvgIpc) is 3.65. The number of aliphatic hydroxyl groups is 7. The van der Waals surface area contributed by atoms with Crippen molar-refractivity contribution in [2.24, 2.45) is 28.6 Å². The van der Waals surface area contributed by atoms with E-state index >= 15 is 0 Å². The molecule has 0 aromatic carbocycles. The van der Waals surface area contributed by atoms with Gasteiger partial charge in [-0.25, -0.2) is 4.79 Å². The number of rotatable bonds is 8. The van der Waals surface area contributed by atoms with Gasteiger partial charge in [0.15, 0.2) is 12.6 Å². The van der Waals surface area contributed by atoms with Crippen LogP contribution in [-0.2, 0) is 38.0 Å². The summed E-state index contributed by atoms with van der Waals surface area (Å²) >= 11 is 0. The van der Waals surface area contributed by atoms with Crippen LogP contribution < -0.4 is 0 Å². The van der Waals surface area contributed by atoms with Crippen molar-refractivity contribution in [1.82, 2.24) is 0 Å². The van der Waals surface area contributed by atoms with Crippen molar-refractivity contribution in [2.75, 3.05) is 20.3 Å². The zero-order chi connectivity index (χ0) is 36.7. The van der Waals surface area contributed by atoms with Crippen LogP contribution in [0.15, 0.2) is 11.6 Å². The minimum Gasteiger partial charge on any atom is -0.458 e. The maximum Gasteiger partial charge on any atom is 0.331 e. The fraction of sp³-hybridized carbons (Fsp3) is 0.889. The number of hydrogen-bond acceptors (Lipinski definition) is 15. The maximum absolute atomic E-state index is 13.2. The van der Waals surface area contributed by atoms with Crippen molar-refractivity contribution < 1.29 is 73.8 Å². The van der Waals surface area contributed by atoms with Gasteiger partial charge in [-0.1, -0.05) is 6.92 Å². The SMILES string of the molecule is CO[C@@H]1[C@@H](O)[C@H](O[C@@H]2CC[C@@]3(C=O)[C@H]4CC[C@]5(C)[C@@H](C6=CC(=O)OC6)CC[C@]5(O)[C@@H]4CC[C@]3(O)C2)O[C@H](C)[C@@H]1O[C@@H]1O[C@H](CO)[C@@H](O)[C@H](O)[C@H]1O. The van der Waals surface area contributed by atoms with Crippen molar-refractivity contribution >= 4 is 12.3 Å². The molecule has 4 saturated carbocycles. The summed E-state index contributed by atoms with van der Waals surface area (Å²) in [6.07, 6.45) is -6.79. The van der Waals surface area contributed by atoms with Crippen molar-refractivity contribution in [3.63, 3.8) is 0 Å². The fourth-order valence-corrected chi connectivity index (χ4v) is 11.5. The number of aldehydes is 1. The molecule has 0 spiro atoms. The van der Waals surface area contributed by atoms with Crippen LogP contribution in [-0.4, -0.2) is 147 Å². The molecule has 0 aromatic rings. The number of fused-ring (bicyclic) bond motifs is 5. The lowest BCUT2D eigenvalue weighted by atomic mass is 9.41. The third-order valence-electron chi connectivity index (χ3n) is 14.3. The summed E-state index contributed by atoms with van der Waals surface area (Å²) in [5.41, 5.74) is -3.11. The molecule has 0 radical (unpaired) electrons. The number of cyclic esters (lactones) is 1. The van der Waals surface area contributed by atoms with E-state index in [9.17, 15) is 45.3 Å². The smallest absolute Gasteiger partial charge is 0.331 e. The molecule has 0 aromatic heterocycles. The molecule has 51 heavy (non-hydrogen) atoms. The first-order valence-corrected chi connectivity index (χ1v) is 18.4.